The van der Waals surface area contributed by atoms with Crippen LogP contribution in [-0.2, 0) is 12.8 Å². The Morgan fingerprint density at radius 1 is 0.966 bits per heavy atom. The number of phenols is 1. The van der Waals surface area contributed by atoms with Gasteiger partial charge >= 0.3 is 0 Å². The van der Waals surface area contributed by atoms with Gasteiger partial charge in [0.15, 0.2) is 0 Å². The molecular weight excluding hydrogens is 362 g/mol. The molecule has 0 spiro atoms. The Labute approximate surface area is 172 Å². The van der Waals surface area contributed by atoms with Gasteiger partial charge in [-0.2, -0.15) is 0 Å². The van der Waals surface area contributed by atoms with Crippen molar-refractivity contribution in [1.29, 1.82) is 0 Å². The first-order valence-electron chi connectivity index (χ1n) is 9.76. The zero-order valence-corrected chi connectivity index (χ0v) is 17.2. The summed E-state index contributed by atoms with van der Waals surface area (Å²) < 4.78 is 5.33. The molecule has 0 heterocycles. The number of aryl methyl sites for hydroxylation is 2. The fourth-order valence-electron chi connectivity index (χ4n) is 3.49. The molecule has 0 fully saturated rings. The standard InChI is InChI=1S/C25H27NO3/c1-17-13-21(29-3)14-18(2)22(17)15-20-9-10-24(27)23(16-20)25(28)26-12-11-19-7-5-4-6-8-19/h4-10,13-14,16,27H,11-12,15H2,1-3H3,(H,26,28). The zero-order valence-electron chi connectivity index (χ0n) is 17.2. The number of methoxy groups -OCH3 is 1. The van der Waals surface area contributed by atoms with Gasteiger partial charge in [-0.05, 0) is 78.8 Å². The Hall–Kier alpha value is -3.27. The first-order valence-corrected chi connectivity index (χ1v) is 9.76. The Morgan fingerprint density at radius 2 is 1.66 bits per heavy atom. The Kier molecular flexibility index (Phi) is 6.55. The fourth-order valence-corrected chi connectivity index (χ4v) is 3.49. The van der Waals surface area contributed by atoms with E-state index < -0.39 is 0 Å². The molecule has 3 aromatic carbocycles. The molecule has 3 rings (SSSR count). The van der Waals surface area contributed by atoms with Crippen molar-refractivity contribution in [3.8, 4) is 11.5 Å². The van der Waals surface area contributed by atoms with Crippen molar-refractivity contribution in [1.82, 2.24) is 5.32 Å². The number of ether oxygens (including phenoxy) is 1. The average molecular weight is 389 g/mol. The molecule has 0 saturated heterocycles. The molecule has 4 heteroatoms. The lowest BCUT2D eigenvalue weighted by molar-refractivity contribution is 0.0951. The van der Waals surface area contributed by atoms with Crippen molar-refractivity contribution in [2.45, 2.75) is 26.7 Å². The normalized spacial score (nSPS) is 10.6. The summed E-state index contributed by atoms with van der Waals surface area (Å²) >= 11 is 0. The molecule has 150 valence electrons. The topological polar surface area (TPSA) is 58.6 Å². The van der Waals surface area contributed by atoms with Gasteiger partial charge in [0.1, 0.15) is 11.5 Å². The van der Waals surface area contributed by atoms with E-state index in [-0.39, 0.29) is 11.7 Å². The van der Waals surface area contributed by atoms with Gasteiger partial charge in [-0.3, -0.25) is 4.79 Å². The van der Waals surface area contributed by atoms with Crippen LogP contribution in [0.2, 0.25) is 0 Å². The molecule has 2 N–H and O–H groups in total. The van der Waals surface area contributed by atoms with Gasteiger partial charge in [-0.1, -0.05) is 36.4 Å². The fraction of sp³-hybridized carbons (Fsp3) is 0.240. The lowest BCUT2D eigenvalue weighted by Gasteiger charge is -2.14. The molecule has 0 aliphatic carbocycles. The number of aromatic hydroxyl groups is 1. The van der Waals surface area contributed by atoms with Gasteiger partial charge in [-0.15, -0.1) is 0 Å². The Bertz CT molecular complexity index is 973. The molecule has 3 aromatic rings. The van der Waals surface area contributed by atoms with Crippen LogP contribution in [0.4, 0.5) is 0 Å². The first kappa shape index (κ1) is 20.5. The summed E-state index contributed by atoms with van der Waals surface area (Å²) in [6.45, 7) is 4.63. The van der Waals surface area contributed by atoms with Gasteiger partial charge in [0.2, 0.25) is 0 Å². The van der Waals surface area contributed by atoms with Crippen LogP contribution in [0.15, 0.2) is 60.7 Å². The zero-order chi connectivity index (χ0) is 20.8. The second kappa shape index (κ2) is 9.28. The molecule has 0 aliphatic rings. The number of hydrogen-bond donors (Lipinski definition) is 2. The summed E-state index contributed by atoms with van der Waals surface area (Å²) in [5.41, 5.74) is 5.93. The molecule has 0 bridgehead atoms. The van der Waals surface area contributed by atoms with E-state index in [9.17, 15) is 9.90 Å². The minimum atomic E-state index is -0.261. The van der Waals surface area contributed by atoms with Gasteiger partial charge in [0.05, 0.1) is 12.7 Å². The van der Waals surface area contributed by atoms with Crippen molar-refractivity contribution in [2.24, 2.45) is 0 Å². The summed E-state index contributed by atoms with van der Waals surface area (Å²) in [5.74, 6) is 0.575. The molecule has 1 amide bonds. The molecule has 0 radical (unpaired) electrons. The second-order valence-electron chi connectivity index (χ2n) is 7.26. The van der Waals surface area contributed by atoms with E-state index in [1.54, 1.807) is 19.2 Å². The van der Waals surface area contributed by atoms with Crippen LogP contribution < -0.4 is 10.1 Å². The lowest BCUT2D eigenvalue weighted by Crippen LogP contribution is -2.25. The maximum Gasteiger partial charge on any atom is 0.255 e. The van der Waals surface area contributed by atoms with E-state index in [1.165, 1.54) is 5.56 Å². The maximum atomic E-state index is 12.6. The smallest absolute Gasteiger partial charge is 0.255 e. The number of nitrogens with one attached hydrogen (secondary N) is 1. The van der Waals surface area contributed by atoms with Crippen LogP contribution in [0.5, 0.6) is 11.5 Å². The molecule has 0 aliphatic heterocycles. The highest BCUT2D eigenvalue weighted by Gasteiger charge is 2.13. The molecule has 4 nitrogen and oxygen atoms in total. The number of benzene rings is 3. The van der Waals surface area contributed by atoms with E-state index in [4.69, 9.17) is 4.74 Å². The highest BCUT2D eigenvalue weighted by molar-refractivity contribution is 5.97. The first-order chi connectivity index (χ1) is 14.0. The second-order valence-corrected chi connectivity index (χ2v) is 7.26. The predicted octanol–water partition coefficient (Wildman–Crippen LogP) is 4.58. The number of rotatable bonds is 7. The Morgan fingerprint density at radius 3 is 2.31 bits per heavy atom. The van der Waals surface area contributed by atoms with E-state index in [0.29, 0.717) is 18.5 Å². The van der Waals surface area contributed by atoms with Crippen molar-refractivity contribution >= 4 is 5.91 Å². The van der Waals surface area contributed by atoms with Crippen molar-refractivity contribution < 1.29 is 14.6 Å². The van der Waals surface area contributed by atoms with Gasteiger partial charge in [0.25, 0.3) is 5.91 Å². The van der Waals surface area contributed by atoms with Gasteiger partial charge in [-0.25, -0.2) is 0 Å². The van der Waals surface area contributed by atoms with Crippen molar-refractivity contribution in [2.75, 3.05) is 13.7 Å². The summed E-state index contributed by atoms with van der Waals surface area (Å²) in [6, 6.07) is 19.3. The van der Waals surface area contributed by atoms with Crippen molar-refractivity contribution in [3.05, 3.63) is 94.0 Å². The summed E-state index contributed by atoms with van der Waals surface area (Å²) in [4.78, 5) is 12.6. The summed E-state index contributed by atoms with van der Waals surface area (Å²) in [5, 5.41) is 13.1. The summed E-state index contributed by atoms with van der Waals surface area (Å²) in [7, 11) is 1.66. The minimum absolute atomic E-state index is 0.00543. The predicted molar refractivity (Wildman–Crippen MR) is 116 cm³/mol. The molecular formula is C25H27NO3. The highest BCUT2D eigenvalue weighted by atomic mass is 16.5. The molecule has 0 aromatic heterocycles. The Balaban J connectivity index is 1.72. The van der Waals surface area contributed by atoms with Crippen LogP contribution in [0.1, 0.15) is 38.2 Å². The monoisotopic (exact) mass is 389 g/mol. The van der Waals surface area contributed by atoms with Crippen molar-refractivity contribution in [3.63, 3.8) is 0 Å². The van der Waals surface area contributed by atoms with Crippen LogP contribution >= 0.6 is 0 Å². The highest BCUT2D eigenvalue weighted by Crippen LogP contribution is 2.26. The van der Waals surface area contributed by atoms with Crippen LogP contribution in [0, 0.1) is 13.8 Å². The van der Waals surface area contributed by atoms with E-state index in [0.717, 1.165) is 34.4 Å². The molecule has 0 unspecified atom stereocenters. The largest absolute Gasteiger partial charge is 0.507 e. The molecule has 29 heavy (non-hydrogen) atoms. The van der Waals surface area contributed by atoms with Gasteiger partial charge in [0, 0.05) is 6.54 Å². The minimum Gasteiger partial charge on any atom is -0.507 e. The van der Waals surface area contributed by atoms with E-state index in [2.05, 4.69) is 19.2 Å². The molecule has 0 atom stereocenters. The summed E-state index contributed by atoms with van der Waals surface area (Å²) in [6.07, 6.45) is 1.43. The third kappa shape index (κ3) is 5.17. The van der Waals surface area contributed by atoms with Gasteiger partial charge < -0.3 is 15.2 Å². The van der Waals surface area contributed by atoms with Crippen LogP contribution in [-0.4, -0.2) is 24.7 Å². The van der Waals surface area contributed by atoms with E-state index >= 15 is 0 Å². The third-order valence-electron chi connectivity index (χ3n) is 5.13. The average Bonchev–Trinajstić information content (AvgIpc) is 2.72. The quantitative estimate of drug-likeness (QED) is 0.622. The van der Waals surface area contributed by atoms with Crippen LogP contribution in [0.25, 0.3) is 0 Å². The number of amides is 1. The SMILES string of the molecule is COc1cc(C)c(Cc2ccc(O)c(C(=O)NCCc3ccccc3)c2)c(C)c1. The number of hydrogen-bond acceptors (Lipinski definition) is 3. The third-order valence-corrected chi connectivity index (χ3v) is 5.13. The molecule has 0 saturated carbocycles. The van der Waals surface area contributed by atoms with Crippen LogP contribution in [0.3, 0.4) is 0 Å². The maximum absolute atomic E-state index is 12.6. The number of carbonyl (C=O) groups is 1. The number of phenolic OH excluding ortho intramolecular Hbond substituents is 1. The lowest BCUT2D eigenvalue weighted by atomic mass is 9.94. The number of carbonyl (C=O) groups excluding carboxylic acids is 1. The van der Waals surface area contributed by atoms with E-state index in [1.807, 2.05) is 48.5 Å².